The Kier molecular flexibility index (Phi) is 3.01. The summed E-state index contributed by atoms with van der Waals surface area (Å²) in [5.41, 5.74) is -0.411. The summed E-state index contributed by atoms with van der Waals surface area (Å²) < 4.78 is 10.0. The molecule has 1 heterocycles. The van der Waals surface area contributed by atoms with E-state index in [4.69, 9.17) is 9.47 Å². The zero-order valence-electron chi connectivity index (χ0n) is 12.0. The summed E-state index contributed by atoms with van der Waals surface area (Å²) in [6.45, 7) is 1.14. The number of fused-ring (bicyclic) bond motifs is 1. The second-order valence-electron chi connectivity index (χ2n) is 5.45. The summed E-state index contributed by atoms with van der Waals surface area (Å²) in [5, 5.41) is 30.1. The molecular weight excluding hydrogens is 292 g/mol. The average molecular weight is 306 g/mol. The topological polar surface area (TPSA) is 113 Å². The summed E-state index contributed by atoms with van der Waals surface area (Å²) in [5.74, 6) is -3.86. The number of ketones is 2. The molecule has 0 spiro atoms. The zero-order valence-corrected chi connectivity index (χ0v) is 12.0. The Balaban J connectivity index is 2.25. The lowest BCUT2D eigenvalue weighted by Crippen LogP contribution is -2.39. The third kappa shape index (κ3) is 1.90. The van der Waals surface area contributed by atoms with E-state index in [1.54, 1.807) is 0 Å². The number of phenols is 2. The van der Waals surface area contributed by atoms with Crippen LogP contribution in [0.2, 0.25) is 0 Å². The molecule has 7 nitrogen and oxygen atoms in total. The lowest BCUT2D eigenvalue weighted by atomic mass is 9.79. The minimum atomic E-state index is -1.57. The Labute approximate surface area is 125 Å². The Hall–Kier alpha value is -2.38. The summed E-state index contributed by atoms with van der Waals surface area (Å²) in [7, 11) is 1.26. The van der Waals surface area contributed by atoms with E-state index in [2.05, 4.69) is 0 Å². The first kappa shape index (κ1) is 14.6. The van der Waals surface area contributed by atoms with Gasteiger partial charge in [-0.15, -0.1) is 0 Å². The fourth-order valence-corrected chi connectivity index (χ4v) is 2.76. The molecule has 1 unspecified atom stereocenters. The largest absolute Gasteiger partial charge is 0.507 e. The third-order valence-electron chi connectivity index (χ3n) is 3.86. The van der Waals surface area contributed by atoms with Crippen LogP contribution >= 0.6 is 0 Å². The van der Waals surface area contributed by atoms with Crippen LogP contribution in [-0.2, 0) is 4.74 Å². The molecule has 2 aliphatic rings. The predicted molar refractivity (Wildman–Crippen MR) is 73.2 cm³/mol. The van der Waals surface area contributed by atoms with Crippen molar-refractivity contribution in [2.75, 3.05) is 13.7 Å². The van der Waals surface area contributed by atoms with Crippen molar-refractivity contribution in [1.29, 1.82) is 0 Å². The molecule has 0 aromatic heterocycles. The second-order valence-corrected chi connectivity index (χ2v) is 5.45. The molecule has 0 fully saturated rings. The number of aliphatic hydroxyl groups is 1. The first-order chi connectivity index (χ1) is 10.3. The minimum absolute atomic E-state index is 0.0803. The lowest BCUT2D eigenvalue weighted by Gasteiger charge is -2.33. The normalized spacial score (nSPS) is 24.1. The Morgan fingerprint density at radius 3 is 2.45 bits per heavy atom. The summed E-state index contributed by atoms with van der Waals surface area (Å²) in [6.07, 6.45) is -0.177. The van der Waals surface area contributed by atoms with E-state index >= 15 is 0 Å². The number of carbonyl (C=O) groups excluding carboxylic acids is 2. The maximum Gasteiger partial charge on any atom is 0.196 e. The fourth-order valence-electron chi connectivity index (χ4n) is 2.76. The van der Waals surface area contributed by atoms with E-state index < -0.39 is 28.9 Å². The minimum Gasteiger partial charge on any atom is -0.507 e. The van der Waals surface area contributed by atoms with Crippen LogP contribution in [0.3, 0.4) is 0 Å². The summed E-state index contributed by atoms with van der Waals surface area (Å²) in [6, 6.07) is 1.07. The Bertz CT molecular complexity index is 743. The fraction of sp³-hybridized carbons (Fsp3) is 0.333. The van der Waals surface area contributed by atoms with Crippen molar-refractivity contribution in [2.45, 2.75) is 19.1 Å². The highest BCUT2D eigenvalue weighted by molar-refractivity contribution is 6.29. The number of aromatic hydroxyl groups is 2. The van der Waals surface area contributed by atoms with Gasteiger partial charge >= 0.3 is 0 Å². The maximum atomic E-state index is 12.6. The molecule has 3 N–H and O–H groups in total. The van der Waals surface area contributed by atoms with Crippen molar-refractivity contribution >= 4 is 11.6 Å². The van der Waals surface area contributed by atoms with E-state index in [-0.39, 0.29) is 41.1 Å². The zero-order chi connectivity index (χ0) is 16.2. The van der Waals surface area contributed by atoms with Gasteiger partial charge in [-0.1, -0.05) is 0 Å². The number of ether oxygens (including phenoxy) is 2. The monoisotopic (exact) mass is 306 g/mol. The van der Waals surface area contributed by atoms with Gasteiger partial charge in [0.25, 0.3) is 0 Å². The van der Waals surface area contributed by atoms with Crippen molar-refractivity contribution in [3.8, 4) is 17.2 Å². The second kappa shape index (κ2) is 4.56. The van der Waals surface area contributed by atoms with Crippen LogP contribution in [0, 0.1) is 0 Å². The van der Waals surface area contributed by atoms with E-state index in [0.717, 1.165) is 6.07 Å². The molecule has 1 aromatic rings. The van der Waals surface area contributed by atoms with Crippen LogP contribution in [-0.4, -0.2) is 46.4 Å². The number of methoxy groups -OCH3 is 1. The van der Waals surface area contributed by atoms with E-state index in [1.807, 2.05) is 0 Å². The highest BCUT2D eigenvalue weighted by atomic mass is 16.6. The third-order valence-corrected chi connectivity index (χ3v) is 3.86. The molecular formula is C15H14O7. The van der Waals surface area contributed by atoms with Gasteiger partial charge < -0.3 is 24.8 Å². The number of phenolic OH excluding ortho intramolecular Hbond substituents is 2. The molecule has 1 atom stereocenters. The maximum absolute atomic E-state index is 12.6. The van der Waals surface area contributed by atoms with Crippen LogP contribution in [0.4, 0.5) is 0 Å². The molecule has 0 radical (unpaired) electrons. The van der Waals surface area contributed by atoms with Crippen molar-refractivity contribution in [1.82, 2.24) is 0 Å². The smallest absolute Gasteiger partial charge is 0.196 e. The van der Waals surface area contributed by atoms with Crippen LogP contribution in [0.15, 0.2) is 17.2 Å². The van der Waals surface area contributed by atoms with Gasteiger partial charge in [0.15, 0.2) is 28.9 Å². The molecule has 3 rings (SSSR count). The molecule has 0 saturated carbocycles. The number of hydrogen-bond acceptors (Lipinski definition) is 7. The standard InChI is InChI=1S/C15H14O7/c1-15(20)4-6-7(5-22-15)13(18)10-8(16)3-9(21-2)14(19)11(10)12(6)17/h3,16,19-20H,4-5H2,1-2H3. The molecule has 1 aromatic carbocycles. The number of benzene rings is 1. The first-order valence-corrected chi connectivity index (χ1v) is 6.57. The number of hydrogen-bond donors (Lipinski definition) is 3. The average Bonchev–Trinajstić information content (AvgIpc) is 2.45. The highest BCUT2D eigenvalue weighted by Crippen LogP contribution is 2.45. The summed E-state index contributed by atoms with van der Waals surface area (Å²) >= 11 is 0. The molecule has 116 valence electrons. The Morgan fingerprint density at radius 1 is 1.18 bits per heavy atom. The number of carbonyl (C=O) groups is 2. The lowest BCUT2D eigenvalue weighted by molar-refractivity contribution is -0.187. The molecule has 22 heavy (non-hydrogen) atoms. The van der Waals surface area contributed by atoms with Crippen LogP contribution in [0.25, 0.3) is 0 Å². The SMILES string of the molecule is COc1cc(O)c2c(c1O)C(=O)C1=C(COC(C)(O)C1)C2=O. The van der Waals surface area contributed by atoms with E-state index in [0.29, 0.717) is 0 Å². The van der Waals surface area contributed by atoms with Gasteiger partial charge in [0.2, 0.25) is 0 Å². The van der Waals surface area contributed by atoms with Crippen molar-refractivity contribution < 1.29 is 34.4 Å². The van der Waals surface area contributed by atoms with Crippen molar-refractivity contribution in [3.05, 3.63) is 28.3 Å². The van der Waals surface area contributed by atoms with Gasteiger partial charge in [-0.2, -0.15) is 0 Å². The van der Waals surface area contributed by atoms with Crippen molar-refractivity contribution in [2.24, 2.45) is 0 Å². The number of Topliss-reactive ketones (excluding diaryl/α,β-unsaturated/α-hetero) is 2. The molecule has 0 saturated heterocycles. The van der Waals surface area contributed by atoms with Crippen molar-refractivity contribution in [3.63, 3.8) is 0 Å². The first-order valence-electron chi connectivity index (χ1n) is 6.57. The van der Waals surface area contributed by atoms with Crippen LogP contribution < -0.4 is 4.74 Å². The van der Waals surface area contributed by atoms with Crippen LogP contribution in [0.5, 0.6) is 17.2 Å². The van der Waals surface area contributed by atoms with Gasteiger partial charge in [0.05, 0.1) is 24.8 Å². The van der Waals surface area contributed by atoms with Gasteiger partial charge in [-0.25, -0.2) is 0 Å². The molecule has 7 heteroatoms. The van der Waals surface area contributed by atoms with Gasteiger partial charge in [-0.3, -0.25) is 9.59 Å². The molecule has 0 bridgehead atoms. The Morgan fingerprint density at radius 2 is 1.82 bits per heavy atom. The van der Waals surface area contributed by atoms with Gasteiger partial charge in [0, 0.05) is 23.6 Å². The predicted octanol–water partition coefficient (Wildman–Crippen LogP) is 0.911. The molecule has 0 amide bonds. The summed E-state index contributed by atoms with van der Waals surface area (Å²) in [4.78, 5) is 25.1. The number of rotatable bonds is 1. The highest BCUT2D eigenvalue weighted by Gasteiger charge is 2.43. The van der Waals surface area contributed by atoms with Gasteiger partial charge in [0.1, 0.15) is 5.75 Å². The molecule has 1 aliphatic heterocycles. The van der Waals surface area contributed by atoms with Gasteiger partial charge in [-0.05, 0) is 6.92 Å². The van der Waals surface area contributed by atoms with E-state index in [1.165, 1.54) is 14.0 Å². The molecule has 1 aliphatic carbocycles. The van der Waals surface area contributed by atoms with E-state index in [9.17, 15) is 24.9 Å². The quantitative estimate of drug-likeness (QED) is 0.661. The van der Waals surface area contributed by atoms with Crippen LogP contribution in [0.1, 0.15) is 34.1 Å².